The number of hydrogen-bond acceptors (Lipinski definition) is 1. The fourth-order valence-corrected chi connectivity index (χ4v) is 22.1. The monoisotopic (exact) mass is 495 g/mol. The molecule has 1 rings (SSSR count). The van der Waals surface area contributed by atoms with Crippen molar-refractivity contribution < 1.29 is 0 Å². The van der Waals surface area contributed by atoms with Crippen molar-refractivity contribution in [3.8, 4) is 0 Å². The Hall–Kier alpha value is 0.709. The average molecular weight is 494 g/mol. The Morgan fingerprint density at radius 2 is 1.55 bits per heavy atom. The fraction of sp³-hybridized carbons (Fsp3) is 0.647. The summed E-state index contributed by atoms with van der Waals surface area (Å²) >= 11 is 0.770. The van der Waals surface area contributed by atoms with Gasteiger partial charge in [-0.2, -0.15) is 0 Å². The average Bonchev–Trinajstić information content (AvgIpc) is 2.43. The zero-order valence-electron chi connectivity index (χ0n) is 13.6. The third kappa shape index (κ3) is 5.84. The zero-order chi connectivity index (χ0) is 15.0. The van der Waals surface area contributed by atoms with E-state index in [9.17, 15) is 0 Å². The first-order chi connectivity index (χ1) is 9.53. The van der Waals surface area contributed by atoms with Gasteiger partial charge in [-0.05, 0) is 0 Å². The first kappa shape index (κ1) is 18.8. The molecule has 20 heavy (non-hydrogen) atoms. The van der Waals surface area contributed by atoms with Crippen LogP contribution in [0.4, 0.5) is 0 Å². The molecular weight excluding hydrogens is 464 g/mol. The molecule has 0 fully saturated rings. The van der Waals surface area contributed by atoms with Crippen LogP contribution >= 0.6 is 18.6 Å². The van der Waals surface area contributed by atoms with E-state index in [4.69, 9.17) is 0 Å². The Balaban J connectivity index is 3.05. The second kappa shape index (κ2) is 9.67. The molecule has 0 N–H and O–H groups in total. The van der Waals surface area contributed by atoms with Crippen molar-refractivity contribution in [1.29, 1.82) is 0 Å². The van der Waals surface area contributed by atoms with Gasteiger partial charge in [-0.15, -0.1) is 0 Å². The third-order valence-electron chi connectivity index (χ3n) is 3.84. The molecule has 0 heterocycles. The molecule has 0 amide bonds. The van der Waals surface area contributed by atoms with Gasteiger partial charge in [0.25, 0.3) is 0 Å². The van der Waals surface area contributed by atoms with E-state index in [-0.39, 0.29) is 0 Å². The van der Waals surface area contributed by atoms with Gasteiger partial charge >= 0.3 is 140 Å². The van der Waals surface area contributed by atoms with Gasteiger partial charge in [-0.3, -0.25) is 0 Å². The van der Waals surface area contributed by atoms with E-state index in [1.165, 1.54) is 34.6 Å². The van der Waals surface area contributed by atoms with Crippen LogP contribution < -0.4 is 3.58 Å². The van der Waals surface area contributed by atoms with Crippen LogP contribution in [0.1, 0.15) is 45.1 Å². The number of unbranched alkanes of at least 4 members (excludes halogenated alkanes) is 2. The summed E-state index contributed by atoms with van der Waals surface area (Å²) in [6.07, 6.45) is 5.51. The van der Waals surface area contributed by atoms with Gasteiger partial charge in [-0.1, -0.05) is 0 Å². The molecule has 1 aromatic carbocycles. The summed E-state index contributed by atoms with van der Waals surface area (Å²) in [6.45, 7) is 5.75. The Morgan fingerprint density at radius 3 is 2.05 bits per heavy atom. The van der Waals surface area contributed by atoms with Crippen molar-refractivity contribution in [3.63, 3.8) is 0 Å². The van der Waals surface area contributed by atoms with Gasteiger partial charge in [0.2, 0.25) is 0 Å². The molecule has 0 saturated carbocycles. The molecule has 0 spiro atoms. The van der Waals surface area contributed by atoms with Crippen molar-refractivity contribution in [2.75, 3.05) is 14.1 Å². The Morgan fingerprint density at radius 1 is 1.00 bits per heavy atom. The molecule has 114 valence electrons. The molecule has 1 nitrogen and oxygen atoms in total. The standard InChI is InChI=1S/C9H12N.2C4H9.HI.Sn/c1-10(2)8-9-6-4-3-5-7-9;2*1-3-4-2;;/h3-6H,8H2,1-2H3;2*1,3-4H2,2H3;1H;/q;;;;+1/p-1. The molecule has 0 bridgehead atoms. The van der Waals surface area contributed by atoms with E-state index in [1.807, 2.05) is 0 Å². The molecule has 0 saturated heterocycles. The van der Waals surface area contributed by atoms with Gasteiger partial charge in [0.1, 0.15) is 0 Å². The predicted molar refractivity (Wildman–Crippen MR) is 103 cm³/mol. The van der Waals surface area contributed by atoms with E-state index in [1.54, 1.807) is 9.14 Å². The summed E-state index contributed by atoms with van der Waals surface area (Å²) in [5.74, 6) is 0. The van der Waals surface area contributed by atoms with Crippen LogP contribution in [-0.4, -0.2) is 33.4 Å². The SMILES string of the molecule is CCC[CH2][Sn]([I])([CH2]CCC)[c]1ccccc1CN(C)C. The minimum absolute atomic E-state index is 1.09. The Kier molecular flexibility index (Phi) is 9.07. The van der Waals surface area contributed by atoms with Crippen molar-refractivity contribution in [2.45, 2.75) is 54.9 Å². The van der Waals surface area contributed by atoms with Crippen LogP contribution in [0, 0.1) is 0 Å². The van der Waals surface area contributed by atoms with Gasteiger partial charge < -0.3 is 0 Å². The first-order valence-corrected chi connectivity index (χ1v) is 21.7. The molecular formula is C17H30INSn. The van der Waals surface area contributed by atoms with Crippen molar-refractivity contribution in [1.82, 2.24) is 4.90 Å². The number of nitrogens with zero attached hydrogens (tertiary/aromatic N) is 1. The van der Waals surface area contributed by atoms with E-state index < -0.39 is 14.4 Å². The molecule has 0 atom stereocenters. The van der Waals surface area contributed by atoms with Crippen LogP contribution in [0.25, 0.3) is 0 Å². The van der Waals surface area contributed by atoms with Crippen molar-refractivity contribution in [3.05, 3.63) is 29.8 Å². The van der Waals surface area contributed by atoms with Crippen molar-refractivity contribution in [2.24, 2.45) is 0 Å². The summed E-state index contributed by atoms with van der Waals surface area (Å²) in [4.78, 5) is 2.31. The Bertz CT molecular complexity index is 384. The number of benzene rings is 1. The normalized spacial score (nSPS) is 12.1. The summed E-state index contributed by atoms with van der Waals surface area (Å²) in [5.41, 5.74) is 1.59. The summed E-state index contributed by atoms with van der Waals surface area (Å²) in [5, 5.41) is 0. The van der Waals surface area contributed by atoms with E-state index in [2.05, 4.69) is 75.7 Å². The molecule has 0 aliphatic heterocycles. The van der Waals surface area contributed by atoms with Crippen LogP contribution in [0.15, 0.2) is 24.3 Å². The topological polar surface area (TPSA) is 3.24 Å². The maximum atomic E-state index is 2.95. The zero-order valence-corrected chi connectivity index (χ0v) is 18.6. The van der Waals surface area contributed by atoms with Crippen LogP contribution in [0.5, 0.6) is 0 Å². The van der Waals surface area contributed by atoms with Gasteiger partial charge in [-0.25, -0.2) is 0 Å². The number of hydrogen-bond donors (Lipinski definition) is 0. The van der Waals surface area contributed by atoms with Crippen molar-refractivity contribution >= 4 is 36.6 Å². The quantitative estimate of drug-likeness (QED) is 0.348. The fourth-order valence-electron chi connectivity index (χ4n) is 2.74. The Labute approximate surface area is 139 Å². The second-order valence-electron chi connectivity index (χ2n) is 6.07. The molecule has 3 heteroatoms. The van der Waals surface area contributed by atoms with E-state index >= 15 is 0 Å². The molecule has 0 unspecified atom stereocenters. The molecule has 0 radical (unpaired) electrons. The number of halogens is 1. The van der Waals surface area contributed by atoms with Crippen LogP contribution in [-0.2, 0) is 6.54 Å². The minimum atomic E-state index is -2.18. The first-order valence-electron chi connectivity index (χ1n) is 7.95. The van der Waals surface area contributed by atoms with E-state index in [0.29, 0.717) is 0 Å². The number of rotatable bonds is 9. The second-order valence-corrected chi connectivity index (χ2v) is 29.8. The molecule has 1 aromatic rings. The van der Waals surface area contributed by atoms with Crippen LogP contribution in [0.2, 0.25) is 8.87 Å². The summed E-state index contributed by atoms with van der Waals surface area (Å²) < 4.78 is 4.80. The molecule has 0 aromatic heterocycles. The van der Waals surface area contributed by atoms with Gasteiger partial charge in [0, 0.05) is 0 Å². The van der Waals surface area contributed by atoms with Gasteiger partial charge in [0.15, 0.2) is 0 Å². The van der Waals surface area contributed by atoms with E-state index in [0.717, 1.165) is 6.54 Å². The summed E-state index contributed by atoms with van der Waals surface area (Å²) in [7, 11) is 4.36. The molecule has 0 aliphatic carbocycles. The molecule has 0 aliphatic rings. The maximum absolute atomic E-state index is 2.95. The predicted octanol–water partition coefficient (Wildman–Crippen LogP) is 4.94. The van der Waals surface area contributed by atoms with Crippen LogP contribution in [0.3, 0.4) is 0 Å². The van der Waals surface area contributed by atoms with Gasteiger partial charge in [0.05, 0.1) is 0 Å². The third-order valence-corrected chi connectivity index (χ3v) is 25.7. The summed E-state index contributed by atoms with van der Waals surface area (Å²) in [6, 6.07) is 9.28.